The molecular formula is C16H30. The van der Waals surface area contributed by atoms with Crippen LogP contribution in [0.3, 0.4) is 0 Å². The molecule has 2 rings (SSSR count). The van der Waals surface area contributed by atoms with Gasteiger partial charge in [0.25, 0.3) is 0 Å². The van der Waals surface area contributed by atoms with Crippen molar-refractivity contribution in [2.24, 2.45) is 35.5 Å². The normalized spacial score (nSPS) is 46.5. The zero-order chi connectivity index (χ0) is 11.7. The second kappa shape index (κ2) is 5.10. The fourth-order valence-electron chi connectivity index (χ4n) is 3.97. The summed E-state index contributed by atoms with van der Waals surface area (Å²) in [4.78, 5) is 0. The molecule has 0 heteroatoms. The maximum atomic E-state index is 2.49. The Labute approximate surface area is 102 Å². The molecule has 0 bridgehead atoms. The molecule has 94 valence electrons. The molecule has 6 atom stereocenters. The van der Waals surface area contributed by atoms with Crippen molar-refractivity contribution < 1.29 is 0 Å². The van der Waals surface area contributed by atoms with Crippen LogP contribution in [0.4, 0.5) is 0 Å². The van der Waals surface area contributed by atoms with Crippen LogP contribution in [0, 0.1) is 35.5 Å². The summed E-state index contributed by atoms with van der Waals surface area (Å²) >= 11 is 0. The predicted molar refractivity (Wildman–Crippen MR) is 71.3 cm³/mol. The maximum Gasteiger partial charge on any atom is -0.0352 e. The second-order valence-electron chi connectivity index (χ2n) is 6.75. The third-order valence-electron chi connectivity index (χ3n) is 5.79. The summed E-state index contributed by atoms with van der Waals surface area (Å²) in [5.74, 6) is 6.38. The molecule has 0 nitrogen and oxygen atoms in total. The van der Waals surface area contributed by atoms with E-state index >= 15 is 0 Å². The maximum absolute atomic E-state index is 2.49. The van der Waals surface area contributed by atoms with Crippen LogP contribution in [-0.2, 0) is 0 Å². The van der Waals surface area contributed by atoms with Crippen molar-refractivity contribution in [3.8, 4) is 0 Å². The van der Waals surface area contributed by atoms with E-state index in [1.54, 1.807) is 6.42 Å². The Morgan fingerprint density at radius 3 is 2.25 bits per heavy atom. The summed E-state index contributed by atoms with van der Waals surface area (Å²) in [5.41, 5.74) is 0. The average Bonchev–Trinajstić information content (AvgIpc) is 2.88. The minimum Gasteiger partial charge on any atom is -0.0654 e. The van der Waals surface area contributed by atoms with Gasteiger partial charge in [0, 0.05) is 0 Å². The van der Waals surface area contributed by atoms with Crippen molar-refractivity contribution in [2.75, 3.05) is 0 Å². The van der Waals surface area contributed by atoms with E-state index in [2.05, 4.69) is 27.7 Å². The molecule has 0 radical (unpaired) electrons. The zero-order valence-electron chi connectivity index (χ0n) is 11.7. The highest BCUT2D eigenvalue weighted by molar-refractivity contribution is 4.97. The van der Waals surface area contributed by atoms with E-state index in [0.717, 1.165) is 35.5 Å². The zero-order valence-corrected chi connectivity index (χ0v) is 11.7. The first-order chi connectivity index (χ1) is 7.65. The molecular weight excluding hydrogens is 192 g/mol. The molecule has 2 aliphatic rings. The van der Waals surface area contributed by atoms with Crippen molar-refractivity contribution in [2.45, 2.75) is 66.2 Å². The van der Waals surface area contributed by atoms with Gasteiger partial charge in [-0.15, -0.1) is 0 Å². The van der Waals surface area contributed by atoms with Gasteiger partial charge in [0.1, 0.15) is 0 Å². The Balaban J connectivity index is 1.64. The minimum absolute atomic E-state index is 1.01. The van der Waals surface area contributed by atoms with Crippen molar-refractivity contribution in [3.63, 3.8) is 0 Å². The van der Waals surface area contributed by atoms with Crippen LogP contribution in [0.1, 0.15) is 66.2 Å². The monoisotopic (exact) mass is 222 g/mol. The summed E-state index contributed by atoms with van der Waals surface area (Å²) in [6.07, 6.45) is 8.92. The first kappa shape index (κ1) is 12.5. The van der Waals surface area contributed by atoms with E-state index in [9.17, 15) is 0 Å². The van der Waals surface area contributed by atoms with Crippen molar-refractivity contribution in [3.05, 3.63) is 0 Å². The van der Waals surface area contributed by atoms with Crippen LogP contribution in [0.5, 0.6) is 0 Å². The average molecular weight is 222 g/mol. The van der Waals surface area contributed by atoms with Gasteiger partial charge in [0.15, 0.2) is 0 Å². The van der Waals surface area contributed by atoms with Crippen LogP contribution in [-0.4, -0.2) is 0 Å². The highest BCUT2D eigenvalue weighted by atomic mass is 14.5. The van der Waals surface area contributed by atoms with Crippen molar-refractivity contribution >= 4 is 0 Å². The fraction of sp³-hybridized carbons (Fsp3) is 1.00. The highest BCUT2D eigenvalue weighted by Gasteiger charge is 2.48. The summed E-state index contributed by atoms with van der Waals surface area (Å²) in [6.45, 7) is 9.70. The van der Waals surface area contributed by atoms with Crippen LogP contribution in [0.15, 0.2) is 0 Å². The smallest absolute Gasteiger partial charge is 0.0352 e. The molecule has 0 aromatic heterocycles. The lowest BCUT2D eigenvalue weighted by atomic mass is 9.64. The van der Waals surface area contributed by atoms with Gasteiger partial charge >= 0.3 is 0 Å². The van der Waals surface area contributed by atoms with Gasteiger partial charge in [-0.2, -0.15) is 0 Å². The number of rotatable bonds is 6. The molecule has 0 saturated heterocycles. The van der Waals surface area contributed by atoms with Gasteiger partial charge in [-0.25, -0.2) is 0 Å². The van der Waals surface area contributed by atoms with Crippen LogP contribution < -0.4 is 0 Å². The van der Waals surface area contributed by atoms with E-state index in [1.165, 1.54) is 32.1 Å². The van der Waals surface area contributed by atoms with Gasteiger partial charge in [-0.05, 0) is 54.8 Å². The SMILES string of the molecule is CCCCCC1C(C)C1CC1CC(C)C1C. The van der Waals surface area contributed by atoms with Crippen molar-refractivity contribution in [1.82, 2.24) is 0 Å². The van der Waals surface area contributed by atoms with Gasteiger partial charge in [-0.1, -0.05) is 47.0 Å². The molecule has 2 fully saturated rings. The lowest BCUT2D eigenvalue weighted by Gasteiger charge is -2.41. The molecule has 6 unspecified atom stereocenters. The Bertz CT molecular complexity index is 220. The van der Waals surface area contributed by atoms with Crippen molar-refractivity contribution in [1.29, 1.82) is 0 Å². The third kappa shape index (κ3) is 2.46. The van der Waals surface area contributed by atoms with Gasteiger partial charge < -0.3 is 0 Å². The summed E-state index contributed by atoms with van der Waals surface area (Å²) in [5, 5.41) is 0. The van der Waals surface area contributed by atoms with Gasteiger partial charge in [0.05, 0.1) is 0 Å². The summed E-state index contributed by atoms with van der Waals surface area (Å²) in [6, 6.07) is 0. The topological polar surface area (TPSA) is 0 Å². The quantitative estimate of drug-likeness (QED) is 0.546. The molecule has 0 spiro atoms. The lowest BCUT2D eigenvalue weighted by molar-refractivity contribution is 0.0872. The Morgan fingerprint density at radius 2 is 1.69 bits per heavy atom. The van der Waals surface area contributed by atoms with Crippen LogP contribution in [0.25, 0.3) is 0 Å². The van der Waals surface area contributed by atoms with E-state index < -0.39 is 0 Å². The highest BCUT2D eigenvalue weighted by Crippen LogP contribution is 2.56. The summed E-state index contributed by atoms with van der Waals surface area (Å²) < 4.78 is 0. The molecule has 0 amide bonds. The number of hydrogen-bond acceptors (Lipinski definition) is 0. The molecule has 0 aliphatic heterocycles. The number of unbranched alkanes of at least 4 members (excludes halogenated alkanes) is 2. The molecule has 0 aromatic rings. The van der Waals surface area contributed by atoms with E-state index in [0.29, 0.717) is 0 Å². The Hall–Kier alpha value is 0. The van der Waals surface area contributed by atoms with Crippen LogP contribution in [0.2, 0.25) is 0 Å². The van der Waals surface area contributed by atoms with E-state index in [1.807, 2.05) is 0 Å². The predicted octanol–water partition coefficient (Wildman–Crippen LogP) is 5.13. The largest absolute Gasteiger partial charge is 0.0654 e. The summed E-state index contributed by atoms with van der Waals surface area (Å²) in [7, 11) is 0. The lowest BCUT2D eigenvalue weighted by Crippen LogP contribution is -2.32. The van der Waals surface area contributed by atoms with E-state index in [4.69, 9.17) is 0 Å². The molecule has 0 aromatic carbocycles. The first-order valence-electron chi connectivity index (χ1n) is 7.65. The minimum atomic E-state index is 1.01. The fourth-order valence-corrected chi connectivity index (χ4v) is 3.97. The standard InChI is InChI=1S/C16H30/c1-5-6-7-8-15-13(4)16(15)10-14-9-11(2)12(14)3/h11-16H,5-10H2,1-4H3. The van der Waals surface area contributed by atoms with Crippen LogP contribution >= 0.6 is 0 Å². The second-order valence-corrected chi connectivity index (χ2v) is 6.75. The number of hydrogen-bond donors (Lipinski definition) is 0. The molecule has 2 aliphatic carbocycles. The first-order valence-corrected chi connectivity index (χ1v) is 7.65. The van der Waals surface area contributed by atoms with E-state index in [-0.39, 0.29) is 0 Å². The molecule has 0 heterocycles. The third-order valence-corrected chi connectivity index (χ3v) is 5.79. The Kier molecular flexibility index (Phi) is 3.97. The molecule has 0 N–H and O–H groups in total. The van der Waals surface area contributed by atoms with Gasteiger partial charge in [0.2, 0.25) is 0 Å². The molecule has 2 saturated carbocycles. The Morgan fingerprint density at radius 1 is 0.938 bits per heavy atom. The van der Waals surface area contributed by atoms with Gasteiger partial charge in [-0.3, -0.25) is 0 Å². The molecule has 16 heavy (non-hydrogen) atoms.